The number of ether oxygens (including phenoxy) is 1. The van der Waals surface area contributed by atoms with Gasteiger partial charge < -0.3 is 4.74 Å². The molecule has 28 heavy (non-hydrogen) atoms. The van der Waals surface area contributed by atoms with Crippen molar-refractivity contribution in [2.45, 2.75) is 12.4 Å². The molecule has 0 atom stereocenters. The van der Waals surface area contributed by atoms with Crippen molar-refractivity contribution in [2.75, 3.05) is 0 Å². The van der Waals surface area contributed by atoms with Gasteiger partial charge in [0.05, 0.1) is 22.4 Å². The summed E-state index contributed by atoms with van der Waals surface area (Å²) in [6.07, 6.45) is -8.84. The minimum absolute atomic E-state index is 0.0717. The van der Waals surface area contributed by atoms with Gasteiger partial charge in [0.15, 0.2) is 0 Å². The lowest BCUT2D eigenvalue weighted by Gasteiger charge is -2.14. The van der Waals surface area contributed by atoms with Crippen LogP contribution in [-0.4, -0.2) is 26.2 Å². The predicted molar refractivity (Wildman–Crippen MR) is 80.6 cm³/mol. The Morgan fingerprint density at radius 2 is 1.46 bits per heavy atom. The van der Waals surface area contributed by atoms with Crippen molar-refractivity contribution in [2.24, 2.45) is 0 Å². The van der Waals surface area contributed by atoms with E-state index < -0.39 is 35.0 Å². The molecule has 1 aromatic heterocycles. The van der Waals surface area contributed by atoms with Gasteiger partial charge in [-0.1, -0.05) is 0 Å². The highest BCUT2D eigenvalue weighted by Crippen LogP contribution is 2.36. The summed E-state index contributed by atoms with van der Waals surface area (Å²) < 4.78 is 83.4. The number of carbonyl (C=O) groups is 1. The van der Waals surface area contributed by atoms with Crippen molar-refractivity contribution < 1.29 is 35.9 Å². The normalized spacial score (nSPS) is 12.1. The Balaban J connectivity index is 1.87. The standard InChI is InChI=1S/C16H8F6N4O2/c17-15(18,19)10-5-9(6-11(7-10)16(20,21)22)14(27)28-13-3-1-12(2-4-13)26-8-23-24-25-26/h1-8H. The third kappa shape index (κ3) is 4.27. The van der Waals surface area contributed by atoms with Crippen LogP contribution >= 0.6 is 0 Å². The zero-order chi connectivity index (χ0) is 20.5. The minimum atomic E-state index is -5.07. The van der Waals surface area contributed by atoms with Crippen molar-refractivity contribution in [3.05, 3.63) is 65.5 Å². The molecule has 0 bridgehead atoms. The number of esters is 1. The average Bonchev–Trinajstić information content (AvgIpc) is 3.15. The van der Waals surface area contributed by atoms with Gasteiger partial charge in [0, 0.05) is 0 Å². The molecule has 6 nitrogen and oxygen atoms in total. The fourth-order valence-electron chi connectivity index (χ4n) is 2.19. The monoisotopic (exact) mass is 402 g/mol. The van der Waals surface area contributed by atoms with Gasteiger partial charge >= 0.3 is 18.3 Å². The first kappa shape index (κ1) is 19.3. The summed E-state index contributed by atoms with van der Waals surface area (Å²) in [5.41, 5.74) is -3.61. The maximum Gasteiger partial charge on any atom is 0.416 e. The predicted octanol–water partition coefficient (Wildman–Crippen LogP) is 3.92. The number of rotatable bonds is 3. The van der Waals surface area contributed by atoms with Crippen molar-refractivity contribution >= 4 is 5.97 Å². The highest BCUT2D eigenvalue weighted by molar-refractivity contribution is 5.91. The largest absolute Gasteiger partial charge is 0.423 e. The first-order valence-electron chi connectivity index (χ1n) is 7.39. The molecule has 0 radical (unpaired) electrons. The summed E-state index contributed by atoms with van der Waals surface area (Å²) >= 11 is 0. The van der Waals surface area contributed by atoms with Gasteiger partial charge in [0.2, 0.25) is 0 Å². The molecule has 0 fully saturated rings. The molecule has 2 aromatic carbocycles. The van der Waals surface area contributed by atoms with E-state index in [0.29, 0.717) is 17.8 Å². The topological polar surface area (TPSA) is 69.9 Å². The molecular weight excluding hydrogens is 394 g/mol. The molecule has 146 valence electrons. The third-order valence-electron chi connectivity index (χ3n) is 3.48. The number of tetrazole rings is 1. The maximum absolute atomic E-state index is 12.9. The Bertz CT molecular complexity index is 950. The molecule has 0 amide bonds. The summed E-state index contributed by atoms with van der Waals surface area (Å²) in [5, 5.41) is 10.5. The fraction of sp³-hybridized carbons (Fsp3) is 0.125. The zero-order valence-corrected chi connectivity index (χ0v) is 13.5. The van der Waals surface area contributed by atoms with Crippen LogP contribution in [0.5, 0.6) is 5.75 Å². The molecule has 0 unspecified atom stereocenters. The Morgan fingerprint density at radius 3 is 1.93 bits per heavy atom. The molecule has 12 heteroatoms. The molecule has 0 aliphatic heterocycles. The van der Waals surface area contributed by atoms with Gasteiger partial charge in [0.25, 0.3) is 0 Å². The molecule has 0 spiro atoms. The Labute approximate surface area is 152 Å². The first-order chi connectivity index (χ1) is 13.0. The number of nitrogens with zero attached hydrogens (tertiary/aromatic N) is 4. The number of hydrogen-bond donors (Lipinski definition) is 0. The number of hydrogen-bond acceptors (Lipinski definition) is 5. The van der Waals surface area contributed by atoms with Crippen LogP contribution in [0, 0.1) is 0 Å². The molecule has 3 aromatic rings. The van der Waals surface area contributed by atoms with Gasteiger partial charge in [-0.3, -0.25) is 0 Å². The van der Waals surface area contributed by atoms with Crippen LogP contribution in [0.2, 0.25) is 0 Å². The van der Waals surface area contributed by atoms with E-state index in [1.54, 1.807) is 0 Å². The Kier molecular flexibility index (Phi) is 4.79. The molecule has 1 heterocycles. The molecular formula is C16H8F6N4O2. The van der Waals surface area contributed by atoms with Gasteiger partial charge in [0.1, 0.15) is 12.1 Å². The summed E-state index contributed by atoms with van der Waals surface area (Å²) in [5.74, 6) is -1.46. The Hall–Kier alpha value is -3.44. The van der Waals surface area contributed by atoms with Crippen molar-refractivity contribution in [1.82, 2.24) is 20.2 Å². The number of aromatic nitrogens is 4. The van der Waals surface area contributed by atoms with Crippen LogP contribution in [0.25, 0.3) is 5.69 Å². The first-order valence-corrected chi connectivity index (χ1v) is 7.39. The summed E-state index contributed by atoms with van der Waals surface area (Å²) in [6.45, 7) is 0. The van der Waals surface area contributed by atoms with Crippen LogP contribution in [0.1, 0.15) is 21.5 Å². The van der Waals surface area contributed by atoms with E-state index >= 15 is 0 Å². The molecule has 0 aliphatic carbocycles. The second-order valence-electron chi connectivity index (χ2n) is 5.43. The highest BCUT2D eigenvalue weighted by atomic mass is 19.4. The van der Waals surface area contributed by atoms with Crippen LogP contribution in [0.3, 0.4) is 0 Å². The fourth-order valence-corrected chi connectivity index (χ4v) is 2.19. The molecule has 3 rings (SSSR count). The number of halogens is 6. The quantitative estimate of drug-likeness (QED) is 0.377. The maximum atomic E-state index is 12.9. The van der Waals surface area contributed by atoms with Crippen molar-refractivity contribution in [3.63, 3.8) is 0 Å². The summed E-state index contributed by atoms with van der Waals surface area (Å²) in [7, 11) is 0. The van der Waals surface area contributed by atoms with E-state index in [2.05, 4.69) is 15.5 Å². The summed E-state index contributed by atoms with van der Waals surface area (Å²) in [4.78, 5) is 12.1. The van der Waals surface area contributed by atoms with E-state index in [0.717, 1.165) is 0 Å². The SMILES string of the molecule is O=C(Oc1ccc(-n2cnnn2)cc1)c1cc(C(F)(F)F)cc(C(F)(F)F)c1. The van der Waals surface area contributed by atoms with E-state index in [1.807, 2.05) is 0 Å². The van der Waals surface area contributed by atoms with E-state index in [9.17, 15) is 31.1 Å². The minimum Gasteiger partial charge on any atom is -0.423 e. The molecule has 0 saturated carbocycles. The highest BCUT2D eigenvalue weighted by Gasteiger charge is 2.37. The van der Waals surface area contributed by atoms with E-state index in [1.165, 1.54) is 35.3 Å². The van der Waals surface area contributed by atoms with Crippen LogP contribution in [-0.2, 0) is 12.4 Å². The van der Waals surface area contributed by atoms with Gasteiger partial charge in [-0.2, -0.15) is 26.3 Å². The van der Waals surface area contributed by atoms with Gasteiger partial charge in [-0.25, -0.2) is 9.48 Å². The van der Waals surface area contributed by atoms with Crippen LogP contribution in [0.15, 0.2) is 48.8 Å². The smallest absolute Gasteiger partial charge is 0.416 e. The van der Waals surface area contributed by atoms with Crippen molar-refractivity contribution in [3.8, 4) is 11.4 Å². The van der Waals surface area contributed by atoms with E-state index in [4.69, 9.17) is 4.74 Å². The third-order valence-corrected chi connectivity index (χ3v) is 3.48. The lowest BCUT2D eigenvalue weighted by molar-refractivity contribution is -0.143. The second kappa shape index (κ2) is 6.94. The number of alkyl halides is 6. The number of carbonyl (C=O) groups excluding carboxylic acids is 1. The molecule has 0 N–H and O–H groups in total. The molecule has 0 aliphatic rings. The Morgan fingerprint density at radius 1 is 0.893 bits per heavy atom. The van der Waals surface area contributed by atoms with Gasteiger partial charge in [-0.05, 0) is 52.9 Å². The zero-order valence-electron chi connectivity index (χ0n) is 13.5. The van der Waals surface area contributed by atoms with Crippen molar-refractivity contribution in [1.29, 1.82) is 0 Å². The average molecular weight is 402 g/mol. The van der Waals surface area contributed by atoms with Crippen LogP contribution < -0.4 is 4.74 Å². The summed E-state index contributed by atoms with van der Waals surface area (Å²) in [6, 6.07) is 5.97. The molecule has 0 saturated heterocycles. The lowest BCUT2D eigenvalue weighted by atomic mass is 10.0. The van der Waals surface area contributed by atoms with E-state index in [-0.39, 0.29) is 11.8 Å². The van der Waals surface area contributed by atoms with Crippen LogP contribution in [0.4, 0.5) is 26.3 Å². The second-order valence-corrected chi connectivity index (χ2v) is 5.43. The lowest BCUT2D eigenvalue weighted by Crippen LogP contribution is -2.15. The van der Waals surface area contributed by atoms with Gasteiger partial charge in [-0.15, -0.1) is 5.10 Å². The number of benzene rings is 2.